The van der Waals surface area contributed by atoms with Gasteiger partial charge in [0.15, 0.2) is 0 Å². The van der Waals surface area contributed by atoms with E-state index in [0.29, 0.717) is 18.5 Å². The van der Waals surface area contributed by atoms with Crippen LogP contribution in [0.5, 0.6) is 0 Å². The summed E-state index contributed by atoms with van der Waals surface area (Å²) >= 11 is 0. The van der Waals surface area contributed by atoms with Crippen LogP contribution >= 0.6 is 0 Å². The first kappa shape index (κ1) is 23.7. The molecule has 3 unspecified atom stereocenters. The first-order valence-electron chi connectivity index (χ1n) is 12.2. The Morgan fingerprint density at radius 2 is 1.85 bits per heavy atom. The second-order valence-corrected chi connectivity index (χ2v) is 10.4. The summed E-state index contributed by atoms with van der Waals surface area (Å²) in [6.45, 7) is 10.8. The van der Waals surface area contributed by atoms with E-state index in [1.165, 1.54) is 0 Å². The zero-order valence-corrected chi connectivity index (χ0v) is 20.7. The van der Waals surface area contributed by atoms with Crippen molar-refractivity contribution in [1.82, 2.24) is 9.88 Å². The Morgan fingerprint density at radius 1 is 1.12 bits per heavy atom. The van der Waals surface area contributed by atoms with Crippen LogP contribution in [0.25, 0.3) is 0 Å². The number of hydrogen-bond donors (Lipinski definition) is 1. The van der Waals surface area contributed by atoms with Gasteiger partial charge in [0.2, 0.25) is 5.91 Å². The second kappa shape index (κ2) is 9.43. The normalized spacial score (nSPS) is 24.9. The lowest BCUT2D eigenvalue weighted by molar-refractivity contribution is -0.123. The molecule has 1 amide bonds. The van der Waals surface area contributed by atoms with Gasteiger partial charge in [0.05, 0.1) is 17.5 Å². The second-order valence-electron chi connectivity index (χ2n) is 10.4. The lowest BCUT2D eigenvalue weighted by Crippen LogP contribution is -2.55. The fourth-order valence-corrected chi connectivity index (χ4v) is 5.42. The van der Waals surface area contributed by atoms with Crippen LogP contribution in [0.3, 0.4) is 0 Å². The molecule has 2 aliphatic heterocycles. The Balaban J connectivity index is 1.68. The van der Waals surface area contributed by atoms with E-state index in [0.717, 1.165) is 55.0 Å². The van der Waals surface area contributed by atoms with Crippen molar-refractivity contribution in [3.05, 3.63) is 53.9 Å². The van der Waals surface area contributed by atoms with Crippen LogP contribution in [0.4, 0.5) is 11.4 Å². The molecule has 1 aromatic heterocycles. The maximum Gasteiger partial charge on any atom is 0.230 e. The topological polar surface area (TPSA) is 59.9 Å². The number of pyridine rings is 1. The van der Waals surface area contributed by atoms with E-state index in [1.807, 2.05) is 43.0 Å². The average molecular weight is 451 g/mol. The van der Waals surface area contributed by atoms with Crippen LogP contribution in [0.15, 0.2) is 42.7 Å². The van der Waals surface area contributed by atoms with Crippen molar-refractivity contribution in [1.29, 1.82) is 0 Å². The van der Waals surface area contributed by atoms with E-state index in [-0.39, 0.29) is 11.8 Å². The molecule has 2 saturated heterocycles. The molecule has 2 aliphatic rings. The van der Waals surface area contributed by atoms with Gasteiger partial charge in [0.1, 0.15) is 0 Å². The van der Waals surface area contributed by atoms with Crippen LogP contribution < -0.4 is 9.80 Å². The lowest BCUT2D eigenvalue weighted by atomic mass is 9.83. The molecular formula is C27H38N4O2. The highest BCUT2D eigenvalue weighted by atomic mass is 16.3. The number of aromatic nitrogens is 1. The summed E-state index contributed by atoms with van der Waals surface area (Å²) < 4.78 is 0. The maximum atomic E-state index is 13.5. The molecule has 2 aromatic rings. The highest BCUT2D eigenvalue weighted by Gasteiger charge is 2.34. The Hall–Kier alpha value is -2.44. The molecule has 6 heteroatoms. The first-order chi connectivity index (χ1) is 15.7. The van der Waals surface area contributed by atoms with Gasteiger partial charge in [-0.25, -0.2) is 0 Å². The molecule has 178 valence electrons. The van der Waals surface area contributed by atoms with E-state index >= 15 is 0 Å². The molecule has 3 heterocycles. The zero-order valence-electron chi connectivity index (χ0n) is 20.7. The van der Waals surface area contributed by atoms with Gasteiger partial charge in [-0.05, 0) is 83.3 Å². The summed E-state index contributed by atoms with van der Waals surface area (Å²) in [7, 11) is 2.19. The molecule has 1 N–H and O–H groups in total. The van der Waals surface area contributed by atoms with Gasteiger partial charge >= 0.3 is 0 Å². The Labute approximate surface area is 198 Å². The van der Waals surface area contributed by atoms with Gasteiger partial charge in [-0.2, -0.15) is 0 Å². The summed E-state index contributed by atoms with van der Waals surface area (Å²) in [4.78, 5) is 24.5. The van der Waals surface area contributed by atoms with Crippen LogP contribution in [0.2, 0.25) is 0 Å². The third-order valence-electron chi connectivity index (χ3n) is 7.47. The SMILES string of the molecule is CC1CN(c2cccc(C(C)(C)O)c2CC2CCCN(c3cccnc3)C2=O)CC(C)N1C. The molecule has 0 radical (unpaired) electrons. The fraction of sp³-hybridized carbons (Fsp3) is 0.556. The lowest BCUT2D eigenvalue weighted by Gasteiger charge is -2.44. The number of rotatable bonds is 5. The van der Waals surface area contributed by atoms with Crippen molar-refractivity contribution < 1.29 is 9.90 Å². The molecule has 6 nitrogen and oxygen atoms in total. The van der Waals surface area contributed by atoms with Crippen molar-refractivity contribution in [2.45, 2.75) is 64.6 Å². The van der Waals surface area contributed by atoms with Crippen molar-refractivity contribution >= 4 is 17.3 Å². The van der Waals surface area contributed by atoms with E-state index in [2.05, 4.69) is 41.7 Å². The fourth-order valence-electron chi connectivity index (χ4n) is 5.42. The van der Waals surface area contributed by atoms with Gasteiger partial charge in [0.25, 0.3) is 0 Å². The number of nitrogens with zero attached hydrogens (tertiary/aromatic N) is 4. The molecule has 0 bridgehead atoms. The quantitative estimate of drug-likeness (QED) is 0.750. The Bertz CT molecular complexity index is 960. The number of aliphatic hydroxyl groups is 1. The number of likely N-dealkylation sites (N-methyl/N-ethyl adjacent to an activating group) is 1. The van der Waals surface area contributed by atoms with Crippen LogP contribution in [-0.4, -0.2) is 59.7 Å². The van der Waals surface area contributed by atoms with Crippen molar-refractivity contribution in [2.24, 2.45) is 5.92 Å². The van der Waals surface area contributed by atoms with E-state index in [1.54, 1.807) is 12.4 Å². The molecule has 3 atom stereocenters. The predicted molar refractivity (Wildman–Crippen MR) is 134 cm³/mol. The predicted octanol–water partition coefficient (Wildman–Crippen LogP) is 3.82. The molecule has 33 heavy (non-hydrogen) atoms. The molecule has 0 spiro atoms. The van der Waals surface area contributed by atoms with Gasteiger partial charge in [-0.1, -0.05) is 12.1 Å². The smallest absolute Gasteiger partial charge is 0.230 e. The van der Waals surface area contributed by atoms with Gasteiger partial charge in [0, 0.05) is 49.5 Å². The molecule has 0 aliphatic carbocycles. The summed E-state index contributed by atoms with van der Waals surface area (Å²) in [5.74, 6) is 0.0504. The number of anilines is 2. The molecule has 1 aromatic carbocycles. The third-order valence-corrected chi connectivity index (χ3v) is 7.47. The molecule has 2 fully saturated rings. The number of piperazine rings is 1. The molecule has 0 saturated carbocycles. The minimum atomic E-state index is -0.976. The zero-order chi connectivity index (χ0) is 23.8. The van der Waals surface area contributed by atoms with E-state index in [9.17, 15) is 9.90 Å². The van der Waals surface area contributed by atoms with E-state index in [4.69, 9.17) is 0 Å². The van der Waals surface area contributed by atoms with Crippen LogP contribution in [0.1, 0.15) is 51.7 Å². The van der Waals surface area contributed by atoms with Crippen molar-refractivity contribution in [3.8, 4) is 0 Å². The Kier molecular flexibility index (Phi) is 6.78. The molecular weight excluding hydrogens is 412 g/mol. The summed E-state index contributed by atoms with van der Waals surface area (Å²) in [5, 5.41) is 11.0. The van der Waals surface area contributed by atoms with Crippen molar-refractivity contribution in [2.75, 3.05) is 36.5 Å². The number of piperidine rings is 1. The van der Waals surface area contributed by atoms with Crippen LogP contribution in [0, 0.1) is 5.92 Å². The minimum absolute atomic E-state index is 0.108. The van der Waals surface area contributed by atoms with Crippen LogP contribution in [-0.2, 0) is 16.8 Å². The summed E-state index contributed by atoms with van der Waals surface area (Å²) in [6, 6.07) is 10.9. The number of benzene rings is 1. The van der Waals surface area contributed by atoms with E-state index < -0.39 is 5.60 Å². The monoisotopic (exact) mass is 450 g/mol. The van der Waals surface area contributed by atoms with Crippen molar-refractivity contribution in [3.63, 3.8) is 0 Å². The minimum Gasteiger partial charge on any atom is -0.386 e. The summed E-state index contributed by atoms with van der Waals surface area (Å²) in [5.41, 5.74) is 3.08. The number of carbonyl (C=O) groups excluding carboxylic acids is 1. The standard InChI is InChI=1S/C27H38N4O2/c1-19-17-30(18-20(2)29(19)5)25-12-6-11-24(27(3,4)33)23(25)15-21-9-8-14-31(26(21)32)22-10-7-13-28-16-22/h6-7,10-13,16,19-21,33H,8-9,14-15,17-18H2,1-5H3. The molecule has 4 rings (SSSR count). The highest BCUT2D eigenvalue weighted by Crippen LogP contribution is 2.37. The average Bonchev–Trinajstić information content (AvgIpc) is 2.78. The Morgan fingerprint density at radius 3 is 2.48 bits per heavy atom. The maximum absolute atomic E-state index is 13.5. The third kappa shape index (κ3) is 4.92. The first-order valence-corrected chi connectivity index (χ1v) is 12.2. The number of carbonyl (C=O) groups is 1. The van der Waals surface area contributed by atoms with Gasteiger partial charge in [-0.15, -0.1) is 0 Å². The summed E-state index contributed by atoms with van der Waals surface area (Å²) in [6.07, 6.45) is 5.97. The highest BCUT2D eigenvalue weighted by molar-refractivity contribution is 5.95. The van der Waals surface area contributed by atoms with Gasteiger partial charge in [-0.3, -0.25) is 14.7 Å². The largest absolute Gasteiger partial charge is 0.386 e. The number of hydrogen-bond acceptors (Lipinski definition) is 5. The number of amides is 1. The van der Waals surface area contributed by atoms with Gasteiger partial charge < -0.3 is 14.9 Å².